The van der Waals surface area contributed by atoms with Crippen LogP contribution in [0.3, 0.4) is 0 Å². The summed E-state index contributed by atoms with van der Waals surface area (Å²) < 4.78 is 4.93. The van der Waals surface area contributed by atoms with Gasteiger partial charge in [0, 0.05) is 12.0 Å². The van der Waals surface area contributed by atoms with Crippen molar-refractivity contribution in [3.63, 3.8) is 0 Å². The predicted octanol–water partition coefficient (Wildman–Crippen LogP) is 5.51. The maximum Gasteiger partial charge on any atom is 0.338 e. The summed E-state index contributed by atoms with van der Waals surface area (Å²) in [6, 6.07) is 7.93. The van der Waals surface area contributed by atoms with Gasteiger partial charge in [0.1, 0.15) is 5.02 Å². The Bertz CT molecular complexity index is 1020. The molecule has 3 unspecified atom stereocenters. The molecule has 0 saturated heterocycles. The zero-order chi connectivity index (χ0) is 20.0. The molecule has 8 heteroatoms. The Morgan fingerprint density at radius 3 is 2.71 bits per heavy atom. The highest BCUT2D eigenvalue weighted by Crippen LogP contribution is 2.53. The van der Waals surface area contributed by atoms with Crippen molar-refractivity contribution >= 4 is 40.5 Å². The minimum atomic E-state index is -0.491. The van der Waals surface area contributed by atoms with Crippen LogP contribution in [0.2, 0.25) is 10.0 Å². The number of benzene rings is 2. The monoisotopic (exact) mass is 418 g/mol. The molecule has 1 aliphatic heterocycles. The molecule has 28 heavy (non-hydrogen) atoms. The number of carbonyl (C=O) groups is 1. The molecule has 0 bridgehead atoms. The lowest BCUT2D eigenvalue weighted by molar-refractivity contribution is -0.384. The van der Waals surface area contributed by atoms with E-state index in [1.807, 2.05) is 0 Å². The molecule has 2 aromatic carbocycles. The Kier molecular flexibility index (Phi) is 4.77. The standard InChI is InChI=1S/C20H16Cl2N2O4/c1-28-20(25)13-6-8-15(22)19-17(13)11-3-2-4-12(11)18(23-19)10-5-7-14(21)16(9-10)24(26)27/h2-3,5-9,11-12,18,23H,4H2,1H3. The lowest BCUT2D eigenvalue weighted by atomic mass is 9.75. The van der Waals surface area contributed by atoms with Crippen molar-refractivity contribution in [3.8, 4) is 0 Å². The number of hydrogen-bond donors (Lipinski definition) is 1. The van der Waals surface area contributed by atoms with Gasteiger partial charge in [0.2, 0.25) is 0 Å². The number of esters is 1. The second kappa shape index (κ2) is 7.11. The highest BCUT2D eigenvalue weighted by Gasteiger charge is 2.41. The van der Waals surface area contributed by atoms with Gasteiger partial charge in [-0.3, -0.25) is 10.1 Å². The van der Waals surface area contributed by atoms with Crippen LogP contribution in [0.5, 0.6) is 0 Å². The van der Waals surface area contributed by atoms with Crippen LogP contribution >= 0.6 is 23.2 Å². The van der Waals surface area contributed by atoms with E-state index in [9.17, 15) is 14.9 Å². The van der Waals surface area contributed by atoms with Gasteiger partial charge < -0.3 is 10.1 Å². The first-order valence-corrected chi connectivity index (χ1v) is 9.45. The SMILES string of the molecule is COC(=O)c1ccc(Cl)c2c1C1C=CCC1C(c1ccc(Cl)c([N+](=O)[O-])c1)N2. The van der Waals surface area contributed by atoms with E-state index in [0.29, 0.717) is 16.3 Å². The Hall–Kier alpha value is -2.57. The third-order valence-corrected chi connectivity index (χ3v) is 6.03. The molecule has 1 heterocycles. The zero-order valence-electron chi connectivity index (χ0n) is 14.8. The van der Waals surface area contributed by atoms with Gasteiger partial charge >= 0.3 is 5.97 Å². The van der Waals surface area contributed by atoms with E-state index >= 15 is 0 Å². The zero-order valence-corrected chi connectivity index (χ0v) is 16.3. The van der Waals surface area contributed by atoms with Crippen LogP contribution in [0.4, 0.5) is 11.4 Å². The number of carbonyl (C=O) groups excluding carboxylic acids is 1. The lowest BCUT2D eigenvalue weighted by Gasteiger charge is -2.38. The largest absolute Gasteiger partial charge is 0.465 e. The highest BCUT2D eigenvalue weighted by molar-refractivity contribution is 6.33. The smallest absolute Gasteiger partial charge is 0.338 e. The van der Waals surface area contributed by atoms with Crippen molar-refractivity contribution in [1.29, 1.82) is 0 Å². The average Bonchev–Trinajstić information content (AvgIpc) is 3.17. The molecule has 2 aliphatic rings. The van der Waals surface area contributed by atoms with Gasteiger partial charge in [-0.2, -0.15) is 0 Å². The van der Waals surface area contributed by atoms with Crippen LogP contribution < -0.4 is 5.32 Å². The van der Waals surface area contributed by atoms with Gasteiger partial charge in [-0.25, -0.2) is 4.79 Å². The topological polar surface area (TPSA) is 81.5 Å². The van der Waals surface area contributed by atoms with E-state index in [-0.39, 0.29) is 28.6 Å². The Labute approximate surface area is 171 Å². The fourth-order valence-electron chi connectivity index (χ4n) is 4.16. The molecule has 0 amide bonds. The number of nitro groups is 1. The van der Waals surface area contributed by atoms with E-state index in [2.05, 4.69) is 17.5 Å². The second-order valence-electron chi connectivity index (χ2n) is 6.82. The van der Waals surface area contributed by atoms with Gasteiger partial charge in [-0.15, -0.1) is 0 Å². The van der Waals surface area contributed by atoms with Gasteiger partial charge in [0.05, 0.1) is 34.3 Å². The summed E-state index contributed by atoms with van der Waals surface area (Å²) in [6.07, 6.45) is 4.89. The first kappa shape index (κ1) is 18.8. The van der Waals surface area contributed by atoms with Gasteiger partial charge in [0.15, 0.2) is 0 Å². The summed E-state index contributed by atoms with van der Waals surface area (Å²) in [5.41, 5.74) is 2.54. The van der Waals surface area contributed by atoms with Crippen molar-refractivity contribution in [3.05, 3.63) is 79.3 Å². The molecule has 4 rings (SSSR count). The number of rotatable bonds is 3. The van der Waals surface area contributed by atoms with Crippen molar-refractivity contribution in [2.45, 2.75) is 18.4 Å². The molecular weight excluding hydrogens is 403 g/mol. The Morgan fingerprint density at radius 2 is 2.00 bits per heavy atom. The minimum absolute atomic E-state index is 0.0521. The van der Waals surface area contributed by atoms with E-state index in [4.69, 9.17) is 27.9 Å². The normalized spacial score (nSPS) is 22.2. The van der Waals surface area contributed by atoms with Gasteiger partial charge in [0.25, 0.3) is 5.69 Å². The first-order valence-electron chi connectivity index (χ1n) is 8.70. The number of ether oxygens (including phenoxy) is 1. The summed E-state index contributed by atoms with van der Waals surface area (Å²) in [5, 5.41) is 15.3. The third kappa shape index (κ3) is 2.93. The molecule has 1 aliphatic carbocycles. The summed E-state index contributed by atoms with van der Waals surface area (Å²) in [6.45, 7) is 0. The van der Waals surface area contributed by atoms with Crippen LogP contribution in [0.1, 0.15) is 39.9 Å². The fraction of sp³-hybridized carbons (Fsp3) is 0.250. The Morgan fingerprint density at radius 1 is 1.25 bits per heavy atom. The van der Waals surface area contributed by atoms with Crippen molar-refractivity contribution in [1.82, 2.24) is 0 Å². The quantitative estimate of drug-likeness (QED) is 0.307. The number of anilines is 1. The number of allylic oxidation sites excluding steroid dienone is 2. The number of nitrogens with zero attached hydrogens (tertiary/aromatic N) is 1. The van der Waals surface area contributed by atoms with Crippen LogP contribution in [0.15, 0.2) is 42.5 Å². The van der Waals surface area contributed by atoms with Crippen LogP contribution in [-0.4, -0.2) is 18.0 Å². The maximum absolute atomic E-state index is 12.3. The number of nitrogens with one attached hydrogen (secondary N) is 1. The van der Waals surface area contributed by atoms with Gasteiger partial charge in [-0.05, 0) is 41.7 Å². The number of nitro benzene ring substituents is 1. The number of fused-ring (bicyclic) bond motifs is 3. The van der Waals surface area contributed by atoms with Crippen molar-refractivity contribution in [2.24, 2.45) is 5.92 Å². The van der Waals surface area contributed by atoms with E-state index in [1.165, 1.54) is 19.2 Å². The molecule has 0 radical (unpaired) electrons. The van der Waals surface area contributed by atoms with Gasteiger partial charge in [-0.1, -0.05) is 41.4 Å². The van der Waals surface area contributed by atoms with E-state index < -0.39 is 10.9 Å². The minimum Gasteiger partial charge on any atom is -0.465 e. The molecular formula is C20H16Cl2N2O4. The average molecular weight is 419 g/mol. The first-order chi connectivity index (χ1) is 13.4. The van der Waals surface area contributed by atoms with Crippen LogP contribution in [0, 0.1) is 16.0 Å². The highest BCUT2D eigenvalue weighted by atomic mass is 35.5. The fourth-order valence-corrected chi connectivity index (χ4v) is 4.56. The molecule has 3 atom stereocenters. The summed E-state index contributed by atoms with van der Waals surface area (Å²) in [5.74, 6) is -0.395. The summed E-state index contributed by atoms with van der Waals surface area (Å²) in [7, 11) is 1.34. The molecule has 0 aromatic heterocycles. The van der Waals surface area contributed by atoms with Crippen molar-refractivity contribution < 1.29 is 14.5 Å². The van der Waals surface area contributed by atoms with E-state index in [1.54, 1.807) is 18.2 Å². The molecule has 0 saturated carbocycles. The summed E-state index contributed by atoms with van der Waals surface area (Å²) >= 11 is 12.4. The molecule has 144 valence electrons. The van der Waals surface area contributed by atoms with Crippen molar-refractivity contribution in [2.75, 3.05) is 12.4 Å². The maximum atomic E-state index is 12.3. The molecule has 2 aromatic rings. The second-order valence-corrected chi connectivity index (χ2v) is 7.63. The predicted molar refractivity (Wildman–Crippen MR) is 107 cm³/mol. The number of hydrogen-bond acceptors (Lipinski definition) is 5. The summed E-state index contributed by atoms with van der Waals surface area (Å²) in [4.78, 5) is 23.1. The van der Waals surface area contributed by atoms with Crippen LogP contribution in [-0.2, 0) is 4.74 Å². The molecule has 6 nitrogen and oxygen atoms in total. The third-order valence-electron chi connectivity index (χ3n) is 5.40. The van der Waals surface area contributed by atoms with Crippen LogP contribution in [0.25, 0.3) is 0 Å². The molecule has 0 fully saturated rings. The molecule has 1 N–H and O–H groups in total. The Balaban J connectivity index is 1.85. The number of methoxy groups -OCH3 is 1. The molecule has 0 spiro atoms. The lowest BCUT2D eigenvalue weighted by Crippen LogP contribution is -2.30. The number of halogens is 2. The van der Waals surface area contributed by atoms with E-state index in [0.717, 1.165) is 17.5 Å².